The van der Waals surface area contributed by atoms with Crippen LogP contribution in [0.5, 0.6) is 0 Å². The molecule has 9 heavy (non-hydrogen) atoms. The van der Waals surface area contributed by atoms with Gasteiger partial charge in [-0.3, -0.25) is 0 Å². The maximum Gasteiger partial charge on any atom is 0.0874 e. The van der Waals surface area contributed by atoms with Crippen LogP contribution in [0.3, 0.4) is 0 Å². The molecule has 0 aromatic heterocycles. The van der Waals surface area contributed by atoms with E-state index in [1.807, 2.05) is 0 Å². The normalized spacial score (nSPS) is 43.7. The van der Waals surface area contributed by atoms with E-state index < -0.39 is 0 Å². The van der Waals surface area contributed by atoms with Crippen molar-refractivity contribution in [3.63, 3.8) is 0 Å². The van der Waals surface area contributed by atoms with E-state index in [-0.39, 0.29) is 0 Å². The summed E-state index contributed by atoms with van der Waals surface area (Å²) in [7, 11) is 0. The predicted molar refractivity (Wildman–Crippen MR) is 34.0 cm³/mol. The van der Waals surface area contributed by atoms with Crippen LogP contribution in [-0.2, 0) is 0 Å². The van der Waals surface area contributed by atoms with Crippen LogP contribution in [0.4, 0.5) is 0 Å². The first-order valence-electron chi connectivity index (χ1n) is 3.40. The van der Waals surface area contributed by atoms with Crippen molar-refractivity contribution in [1.29, 1.82) is 0 Å². The van der Waals surface area contributed by atoms with Gasteiger partial charge in [-0.2, -0.15) is 0 Å². The lowest BCUT2D eigenvalue weighted by molar-refractivity contribution is -0.0572. The molecule has 0 aliphatic carbocycles. The number of nitrogens with zero attached hydrogens (tertiary/aromatic N) is 1. The van der Waals surface area contributed by atoms with Crippen molar-refractivity contribution in [3.05, 3.63) is 0 Å². The van der Waals surface area contributed by atoms with Crippen molar-refractivity contribution in [2.45, 2.75) is 25.7 Å². The molecular weight excluding hydrogens is 116 g/mol. The molecule has 4 heteroatoms. The zero-order chi connectivity index (χ0) is 6.27. The SMILES string of the molecule is CC1NNC2CCN2N1. The van der Waals surface area contributed by atoms with E-state index in [9.17, 15) is 0 Å². The van der Waals surface area contributed by atoms with Gasteiger partial charge in [0.15, 0.2) is 0 Å². The molecule has 3 N–H and O–H groups in total. The highest BCUT2D eigenvalue weighted by Crippen LogP contribution is 2.12. The van der Waals surface area contributed by atoms with Crippen molar-refractivity contribution >= 4 is 0 Å². The Morgan fingerprint density at radius 1 is 1.44 bits per heavy atom. The third-order valence-corrected chi connectivity index (χ3v) is 1.85. The van der Waals surface area contributed by atoms with Crippen molar-refractivity contribution in [2.24, 2.45) is 0 Å². The zero-order valence-corrected chi connectivity index (χ0v) is 5.52. The summed E-state index contributed by atoms with van der Waals surface area (Å²) < 4.78 is 0. The average molecular weight is 128 g/mol. The van der Waals surface area contributed by atoms with Gasteiger partial charge >= 0.3 is 0 Å². The summed E-state index contributed by atoms with van der Waals surface area (Å²) in [6.07, 6.45) is 2.13. The Hall–Kier alpha value is -0.160. The van der Waals surface area contributed by atoms with E-state index >= 15 is 0 Å². The van der Waals surface area contributed by atoms with Gasteiger partial charge in [0.25, 0.3) is 0 Å². The number of nitrogens with one attached hydrogen (secondary N) is 3. The molecule has 0 amide bonds. The molecule has 2 saturated heterocycles. The summed E-state index contributed by atoms with van der Waals surface area (Å²) >= 11 is 0. The average Bonchev–Trinajstić information content (AvgIpc) is 1.78. The van der Waals surface area contributed by atoms with Crippen molar-refractivity contribution < 1.29 is 0 Å². The second-order valence-corrected chi connectivity index (χ2v) is 2.64. The summed E-state index contributed by atoms with van der Waals surface area (Å²) in [5.74, 6) is 0. The third kappa shape index (κ3) is 0.840. The molecule has 0 radical (unpaired) electrons. The quantitative estimate of drug-likeness (QED) is 0.390. The molecule has 2 heterocycles. The Bertz CT molecular complexity index is 116. The molecule has 2 fully saturated rings. The van der Waals surface area contributed by atoms with E-state index in [1.165, 1.54) is 13.0 Å². The Morgan fingerprint density at radius 2 is 2.33 bits per heavy atom. The molecule has 52 valence electrons. The molecule has 0 aromatic rings. The lowest BCUT2D eigenvalue weighted by Gasteiger charge is -2.47. The van der Waals surface area contributed by atoms with Crippen molar-refractivity contribution in [3.8, 4) is 0 Å². The van der Waals surface area contributed by atoms with Gasteiger partial charge < -0.3 is 0 Å². The van der Waals surface area contributed by atoms with Crippen LogP contribution in [0, 0.1) is 0 Å². The number of fused-ring (bicyclic) bond motifs is 1. The Labute approximate surface area is 54.5 Å². The maximum atomic E-state index is 3.28. The topological polar surface area (TPSA) is 39.3 Å². The largest absolute Gasteiger partial charge is 0.238 e. The van der Waals surface area contributed by atoms with Crippen LogP contribution in [-0.4, -0.2) is 23.9 Å². The zero-order valence-electron chi connectivity index (χ0n) is 5.52. The van der Waals surface area contributed by atoms with Crippen LogP contribution < -0.4 is 16.3 Å². The smallest absolute Gasteiger partial charge is 0.0874 e. The van der Waals surface area contributed by atoms with E-state index in [0.717, 1.165) is 0 Å². The summed E-state index contributed by atoms with van der Waals surface area (Å²) in [5, 5.41) is 2.21. The second-order valence-electron chi connectivity index (χ2n) is 2.64. The van der Waals surface area contributed by atoms with Crippen LogP contribution in [0.1, 0.15) is 13.3 Å². The van der Waals surface area contributed by atoms with Crippen LogP contribution in [0.25, 0.3) is 0 Å². The van der Waals surface area contributed by atoms with Crippen LogP contribution >= 0.6 is 0 Å². The summed E-state index contributed by atoms with van der Waals surface area (Å²) in [4.78, 5) is 0. The minimum atomic E-state index is 0.363. The van der Waals surface area contributed by atoms with E-state index in [2.05, 4.69) is 28.2 Å². The molecule has 4 nitrogen and oxygen atoms in total. The lowest BCUT2D eigenvalue weighted by atomic mass is 10.2. The van der Waals surface area contributed by atoms with E-state index in [1.54, 1.807) is 0 Å². The molecule has 2 rings (SSSR count). The maximum absolute atomic E-state index is 3.28. The van der Waals surface area contributed by atoms with Gasteiger partial charge in [0.1, 0.15) is 0 Å². The van der Waals surface area contributed by atoms with E-state index in [0.29, 0.717) is 12.3 Å². The number of hydrogen-bond acceptors (Lipinski definition) is 4. The van der Waals surface area contributed by atoms with Gasteiger partial charge in [-0.05, 0) is 13.3 Å². The minimum absolute atomic E-state index is 0.363. The molecule has 2 aliphatic heterocycles. The highest BCUT2D eigenvalue weighted by molar-refractivity contribution is 4.80. The van der Waals surface area contributed by atoms with Gasteiger partial charge in [0, 0.05) is 6.54 Å². The summed E-state index contributed by atoms with van der Waals surface area (Å²) in [6.45, 7) is 3.26. The molecule has 2 atom stereocenters. The van der Waals surface area contributed by atoms with Gasteiger partial charge in [-0.25, -0.2) is 21.3 Å². The number of rotatable bonds is 0. The number of hydrogen-bond donors (Lipinski definition) is 3. The molecular formula is C5H12N4. The van der Waals surface area contributed by atoms with Gasteiger partial charge in [-0.15, -0.1) is 0 Å². The van der Waals surface area contributed by atoms with Crippen LogP contribution in [0.2, 0.25) is 0 Å². The van der Waals surface area contributed by atoms with E-state index in [4.69, 9.17) is 0 Å². The monoisotopic (exact) mass is 128 g/mol. The highest BCUT2D eigenvalue weighted by atomic mass is 15.7. The van der Waals surface area contributed by atoms with Crippen molar-refractivity contribution in [1.82, 2.24) is 21.3 Å². The van der Waals surface area contributed by atoms with Gasteiger partial charge in [0.2, 0.25) is 0 Å². The fourth-order valence-electron chi connectivity index (χ4n) is 1.19. The molecule has 2 unspecified atom stereocenters. The lowest BCUT2D eigenvalue weighted by Crippen LogP contribution is -2.74. The fourth-order valence-corrected chi connectivity index (χ4v) is 1.19. The molecule has 0 saturated carbocycles. The summed E-state index contributed by atoms with van der Waals surface area (Å²) in [6, 6.07) is 0. The first-order valence-corrected chi connectivity index (χ1v) is 3.40. The standard InChI is InChI=1S/C5H12N4/c1-4-6-7-5-2-3-9(5)8-4/h4-8H,2-3H2,1H3. The Kier molecular flexibility index (Phi) is 1.19. The Morgan fingerprint density at radius 3 is 2.78 bits per heavy atom. The van der Waals surface area contributed by atoms with Gasteiger partial charge in [-0.1, -0.05) is 0 Å². The molecule has 0 bridgehead atoms. The number of hydrazine groups is 2. The van der Waals surface area contributed by atoms with Crippen molar-refractivity contribution in [2.75, 3.05) is 6.54 Å². The fraction of sp³-hybridized carbons (Fsp3) is 1.00. The summed E-state index contributed by atoms with van der Waals surface area (Å²) in [5.41, 5.74) is 9.57. The highest BCUT2D eigenvalue weighted by Gasteiger charge is 2.31. The third-order valence-electron chi connectivity index (χ3n) is 1.85. The van der Waals surface area contributed by atoms with Crippen LogP contribution in [0.15, 0.2) is 0 Å². The minimum Gasteiger partial charge on any atom is -0.238 e. The Balaban J connectivity index is 1.92. The molecule has 0 aromatic carbocycles. The molecule has 2 aliphatic rings. The first kappa shape index (κ1) is 5.61. The second kappa shape index (κ2) is 1.91. The predicted octanol–water partition coefficient (Wildman–Crippen LogP) is -1.02. The van der Waals surface area contributed by atoms with Gasteiger partial charge in [0.05, 0.1) is 12.3 Å². The molecule has 0 spiro atoms. The first-order chi connectivity index (χ1) is 4.36.